The van der Waals surface area contributed by atoms with E-state index in [1.807, 2.05) is 104 Å². The average Bonchev–Trinajstić information content (AvgIpc) is 3.77. The summed E-state index contributed by atoms with van der Waals surface area (Å²) in [6.45, 7) is 15.3. The van der Waals surface area contributed by atoms with Crippen molar-refractivity contribution in [1.29, 1.82) is 0 Å². The lowest BCUT2D eigenvalue weighted by atomic mass is 10.0. The van der Waals surface area contributed by atoms with Crippen LogP contribution in [0.25, 0.3) is 11.1 Å². The van der Waals surface area contributed by atoms with Crippen LogP contribution in [0.2, 0.25) is 0 Å². The van der Waals surface area contributed by atoms with Gasteiger partial charge in [0, 0.05) is 21.7 Å². The number of hydrogen-bond acceptors (Lipinski definition) is 10. The lowest BCUT2D eigenvalue weighted by Crippen LogP contribution is -2.29. The van der Waals surface area contributed by atoms with Crippen LogP contribution in [0.3, 0.4) is 0 Å². The Morgan fingerprint density at radius 1 is 0.338 bits per heavy atom. The highest BCUT2D eigenvalue weighted by Gasteiger charge is 2.52. The third-order valence-electron chi connectivity index (χ3n) is 12.0. The fourth-order valence-corrected chi connectivity index (χ4v) is 15.3. The summed E-state index contributed by atoms with van der Waals surface area (Å²) in [7, 11) is 5.28. The van der Waals surface area contributed by atoms with Crippen molar-refractivity contribution in [3.05, 3.63) is 105 Å². The third-order valence-corrected chi connectivity index (χ3v) is 16.8. The molecule has 358 valence electrons. The molecule has 2 aliphatic rings. The fourth-order valence-electron chi connectivity index (χ4n) is 9.62. The van der Waals surface area contributed by atoms with Crippen molar-refractivity contribution in [2.75, 3.05) is 42.7 Å². The summed E-state index contributed by atoms with van der Waals surface area (Å²) in [6, 6.07) is 19.1. The van der Waals surface area contributed by atoms with Gasteiger partial charge in [0.1, 0.15) is 23.0 Å². The molecule has 0 aromatic heterocycles. The van der Waals surface area contributed by atoms with Crippen LogP contribution in [0.15, 0.2) is 60.7 Å². The van der Waals surface area contributed by atoms with Gasteiger partial charge < -0.3 is 47.4 Å². The number of aryl methyl sites for hydroxylation is 8. The molecule has 0 radical (unpaired) electrons. The second kappa shape index (κ2) is 18.1. The molecule has 0 amide bonds. The molecule has 16 heteroatoms. The number of fused-ring (bicyclic) bond motifs is 2. The highest BCUT2D eigenvalue weighted by molar-refractivity contribution is 7.80. The van der Waals surface area contributed by atoms with Crippen LogP contribution >= 0.6 is 15.8 Å². The highest BCUT2D eigenvalue weighted by atomic mass is 31.1. The molecular weight excluding hydrogens is 923 g/mol. The van der Waals surface area contributed by atoms with Gasteiger partial charge in [-0.15, -0.1) is 17.6 Å². The van der Waals surface area contributed by atoms with Crippen molar-refractivity contribution in [1.82, 2.24) is 0 Å². The predicted octanol–water partition coefficient (Wildman–Crippen LogP) is 10.0. The van der Waals surface area contributed by atoms with Gasteiger partial charge in [0.05, 0.1) is 42.7 Å². The number of hydrogen-bond donors (Lipinski definition) is 0. The average molecular weight is 975 g/mol. The van der Waals surface area contributed by atoms with E-state index in [0.29, 0.717) is 33.6 Å². The Morgan fingerprint density at radius 3 is 0.765 bits per heavy atom. The van der Waals surface area contributed by atoms with Gasteiger partial charge in [0.2, 0.25) is 11.5 Å². The number of rotatable bonds is 13. The summed E-state index contributed by atoms with van der Waals surface area (Å²) in [5.74, 6) is 0.727. The number of alkyl halides is 4. The van der Waals surface area contributed by atoms with E-state index in [1.165, 1.54) is 14.2 Å². The molecule has 0 atom stereocenters. The fraction of sp³-hybridized carbons (Fsp3) is 0.308. The zero-order valence-electron chi connectivity index (χ0n) is 40.3. The van der Waals surface area contributed by atoms with Gasteiger partial charge in [0.15, 0.2) is 23.0 Å². The minimum atomic E-state index is -4.21. The number of methoxy groups -OCH3 is 6. The standard InChI is InChI=1S/C52H52F4O10P2/c1-25-15-33(16-26(2)43(25)59-11)67(34-17-27(3)44(60-12)28(4)18-34)39-23-37(57-9)47-49(65-51(53,54)63-47)41(39)42-40(24-38(58-10)48-50(42)66-52(55,56)64-48)68(35-19-29(5)45(61-13)30(6)20-35)36-21-31(7)46(62-14)32(8)22-36/h15-24H,1-14H3. The van der Waals surface area contributed by atoms with Gasteiger partial charge in [-0.3, -0.25) is 0 Å². The molecule has 8 rings (SSSR count). The van der Waals surface area contributed by atoms with E-state index >= 15 is 17.6 Å². The summed E-state index contributed by atoms with van der Waals surface area (Å²) < 4.78 is 121. The van der Waals surface area contributed by atoms with E-state index in [-0.39, 0.29) is 22.6 Å². The van der Waals surface area contributed by atoms with E-state index < -0.39 is 51.4 Å². The summed E-state index contributed by atoms with van der Waals surface area (Å²) >= 11 is 0. The molecule has 0 unspecified atom stereocenters. The minimum absolute atomic E-state index is 0.00653. The number of benzene rings is 6. The first-order valence-electron chi connectivity index (χ1n) is 21.4. The SMILES string of the molecule is COc1cc(P(c2cc(C)c(OC)c(C)c2)c2cc(C)c(OC)c(C)c2)c(-c2c(P(c3cc(C)c(OC)c(C)c3)c3cc(C)c(OC)c(C)c3)cc(OC)c3c2OC(F)(F)O3)c2c1OC(F)(F)O2. The van der Waals surface area contributed by atoms with Crippen LogP contribution in [0.1, 0.15) is 44.5 Å². The Bertz CT molecular complexity index is 2600. The van der Waals surface area contributed by atoms with Gasteiger partial charge in [-0.1, -0.05) is 0 Å². The van der Waals surface area contributed by atoms with Crippen molar-refractivity contribution in [3.63, 3.8) is 0 Å². The smallest absolute Gasteiger partial charge is 0.496 e. The van der Waals surface area contributed by atoms with Crippen LogP contribution in [0.4, 0.5) is 17.6 Å². The molecule has 2 heterocycles. The minimum Gasteiger partial charge on any atom is -0.496 e. The molecule has 6 aromatic carbocycles. The Kier molecular flexibility index (Phi) is 12.9. The van der Waals surface area contributed by atoms with Gasteiger partial charge in [0.25, 0.3) is 0 Å². The van der Waals surface area contributed by atoms with E-state index in [4.69, 9.17) is 47.4 Å². The number of ether oxygens (including phenoxy) is 10. The van der Waals surface area contributed by atoms with Gasteiger partial charge in [-0.05, 0) is 198 Å². The molecule has 6 aromatic rings. The summed E-state index contributed by atoms with van der Waals surface area (Å²) in [6.07, 6.45) is -8.41. The van der Waals surface area contributed by atoms with E-state index in [1.54, 1.807) is 40.6 Å². The second-order valence-corrected chi connectivity index (χ2v) is 21.1. The first-order valence-corrected chi connectivity index (χ1v) is 24.1. The molecule has 0 spiro atoms. The Hall–Kier alpha value is -6.10. The van der Waals surface area contributed by atoms with Crippen molar-refractivity contribution in [3.8, 4) is 68.6 Å². The maximum atomic E-state index is 16.0. The third kappa shape index (κ3) is 8.33. The molecule has 10 nitrogen and oxygen atoms in total. The Balaban J connectivity index is 1.62. The van der Waals surface area contributed by atoms with Crippen LogP contribution < -0.4 is 79.2 Å². The topological polar surface area (TPSA) is 92.3 Å². The first-order chi connectivity index (χ1) is 32.2. The molecule has 2 aliphatic heterocycles. The monoisotopic (exact) mass is 974 g/mol. The van der Waals surface area contributed by atoms with Crippen LogP contribution in [-0.4, -0.2) is 55.2 Å². The molecule has 0 N–H and O–H groups in total. The summed E-state index contributed by atoms with van der Waals surface area (Å²) in [5, 5.41) is 3.86. The van der Waals surface area contributed by atoms with Gasteiger partial charge in [-0.25, -0.2) is 0 Å². The molecule has 0 fully saturated rings. The number of halogens is 4. The van der Waals surface area contributed by atoms with Gasteiger partial charge in [-0.2, -0.15) is 0 Å². The van der Waals surface area contributed by atoms with Crippen molar-refractivity contribution in [2.24, 2.45) is 0 Å². The second-order valence-electron chi connectivity index (χ2n) is 16.7. The maximum absolute atomic E-state index is 16.0. The van der Waals surface area contributed by atoms with Crippen molar-refractivity contribution in [2.45, 2.75) is 68.0 Å². The molecule has 0 bridgehead atoms. The van der Waals surface area contributed by atoms with Crippen LogP contribution in [-0.2, 0) is 0 Å². The van der Waals surface area contributed by atoms with E-state index in [9.17, 15) is 0 Å². The molecule has 68 heavy (non-hydrogen) atoms. The lowest BCUT2D eigenvalue weighted by Gasteiger charge is -2.30. The largest absolute Gasteiger partial charge is 0.586 e. The quantitative estimate of drug-likeness (QED) is 0.0823. The van der Waals surface area contributed by atoms with Crippen molar-refractivity contribution >= 4 is 47.7 Å². The molecule has 0 saturated carbocycles. The summed E-state index contributed by atoms with van der Waals surface area (Å²) in [5.41, 5.74) is 6.43. The van der Waals surface area contributed by atoms with Crippen LogP contribution in [0, 0.1) is 55.4 Å². The molecular formula is C52H52F4O10P2. The Morgan fingerprint density at radius 2 is 0.559 bits per heavy atom. The Labute approximate surface area is 395 Å². The maximum Gasteiger partial charge on any atom is 0.586 e. The molecule has 0 aliphatic carbocycles. The van der Waals surface area contributed by atoms with Crippen LogP contribution in [0.5, 0.6) is 57.5 Å². The van der Waals surface area contributed by atoms with E-state index in [0.717, 1.165) is 65.7 Å². The van der Waals surface area contributed by atoms with Gasteiger partial charge >= 0.3 is 12.6 Å². The normalized spacial score (nSPS) is 14.1. The van der Waals surface area contributed by atoms with Crippen molar-refractivity contribution < 1.29 is 64.9 Å². The molecule has 0 saturated heterocycles. The van der Waals surface area contributed by atoms with E-state index in [2.05, 4.69) is 0 Å². The highest BCUT2D eigenvalue weighted by Crippen LogP contribution is 2.61. The zero-order chi connectivity index (χ0) is 49.3. The summed E-state index contributed by atoms with van der Waals surface area (Å²) in [4.78, 5) is 0. The predicted molar refractivity (Wildman–Crippen MR) is 259 cm³/mol. The first kappa shape index (κ1) is 48.4. The zero-order valence-corrected chi connectivity index (χ0v) is 42.1. The lowest BCUT2D eigenvalue weighted by molar-refractivity contribution is -0.288.